The van der Waals surface area contributed by atoms with Gasteiger partial charge < -0.3 is 14.6 Å². The number of hydrogen-bond donors (Lipinski definition) is 1. The Morgan fingerprint density at radius 2 is 1.55 bits per heavy atom. The molecular weight excluding hydrogens is 144 g/mol. The molecule has 3 heteroatoms. The monoisotopic (exact) mass is 164 g/mol. The van der Waals surface area contributed by atoms with E-state index in [1.165, 1.54) is 0 Å². The van der Waals surface area contributed by atoms with Crippen molar-refractivity contribution >= 4 is 0 Å². The quantitative estimate of drug-likeness (QED) is 0.663. The summed E-state index contributed by atoms with van der Waals surface area (Å²) in [6, 6.07) is 0. The van der Waals surface area contributed by atoms with Crippen LogP contribution in [0.1, 0.15) is 20.8 Å². The molecule has 0 aliphatic rings. The lowest BCUT2D eigenvalue weighted by Crippen LogP contribution is -2.15. The van der Waals surface area contributed by atoms with Crippen LogP contribution < -0.4 is 0 Å². The van der Waals surface area contributed by atoms with Gasteiger partial charge in [-0.2, -0.15) is 0 Å². The Bertz CT molecular complexity index is 64.2. The Kier molecular flexibility index (Phi) is 9.77. The summed E-state index contributed by atoms with van der Waals surface area (Å²) in [5.74, 6) is 0. The first-order chi connectivity index (χ1) is 4.97. The van der Waals surface area contributed by atoms with Crippen molar-refractivity contribution in [3.8, 4) is 0 Å². The van der Waals surface area contributed by atoms with Crippen LogP contribution in [0.4, 0.5) is 0 Å². The molecule has 0 spiro atoms. The molecular formula is C8H20O3. The molecule has 0 unspecified atom stereocenters. The third-order valence-corrected chi connectivity index (χ3v) is 0.908. The van der Waals surface area contributed by atoms with Gasteiger partial charge in [-0.25, -0.2) is 0 Å². The number of methoxy groups -OCH3 is 2. The fourth-order valence-electron chi connectivity index (χ4n) is 0.0913. The lowest BCUT2D eigenvalue weighted by Gasteiger charge is -2.14. The average molecular weight is 164 g/mol. The van der Waals surface area contributed by atoms with Gasteiger partial charge in [-0.15, -0.1) is 0 Å². The highest BCUT2D eigenvalue weighted by Gasteiger charge is 2.03. The lowest BCUT2D eigenvalue weighted by atomic mass is 10.2. The van der Waals surface area contributed by atoms with E-state index in [2.05, 4.69) is 4.74 Å². The molecule has 0 rings (SSSR count). The van der Waals surface area contributed by atoms with Gasteiger partial charge in [0.2, 0.25) is 0 Å². The highest BCUT2D eigenvalue weighted by molar-refractivity contribution is 4.55. The van der Waals surface area contributed by atoms with E-state index < -0.39 is 0 Å². The predicted molar refractivity (Wildman–Crippen MR) is 45.7 cm³/mol. The molecule has 0 heterocycles. The molecule has 1 N–H and O–H groups in total. The van der Waals surface area contributed by atoms with Gasteiger partial charge in [0, 0.05) is 14.2 Å². The molecule has 0 aromatic rings. The first-order valence-electron chi connectivity index (χ1n) is 3.63. The Hall–Kier alpha value is -0.120. The van der Waals surface area contributed by atoms with Crippen LogP contribution in [0.15, 0.2) is 0 Å². The summed E-state index contributed by atoms with van der Waals surface area (Å²) < 4.78 is 9.38. The molecule has 0 fully saturated rings. The van der Waals surface area contributed by atoms with Crippen LogP contribution in [0, 0.1) is 0 Å². The molecule has 0 radical (unpaired) electrons. The minimum Gasteiger partial charge on any atom is -0.394 e. The number of ether oxygens (including phenoxy) is 2. The van der Waals surface area contributed by atoms with Crippen LogP contribution in [0.2, 0.25) is 0 Å². The average Bonchev–Trinajstić information content (AvgIpc) is 1.90. The molecule has 11 heavy (non-hydrogen) atoms. The molecule has 0 aliphatic heterocycles. The summed E-state index contributed by atoms with van der Waals surface area (Å²) in [4.78, 5) is 0. The fourth-order valence-corrected chi connectivity index (χ4v) is 0.0913. The molecule has 0 saturated carbocycles. The van der Waals surface area contributed by atoms with Gasteiger partial charge in [-0.05, 0) is 20.8 Å². The number of hydrogen-bond acceptors (Lipinski definition) is 3. The van der Waals surface area contributed by atoms with Crippen LogP contribution >= 0.6 is 0 Å². The molecule has 0 aromatic carbocycles. The van der Waals surface area contributed by atoms with Crippen molar-refractivity contribution in [3.63, 3.8) is 0 Å². The van der Waals surface area contributed by atoms with E-state index in [0.717, 1.165) is 0 Å². The van der Waals surface area contributed by atoms with Crippen LogP contribution in [0.5, 0.6) is 0 Å². The largest absolute Gasteiger partial charge is 0.394 e. The van der Waals surface area contributed by atoms with E-state index in [1.807, 2.05) is 20.8 Å². The molecule has 70 valence electrons. The van der Waals surface area contributed by atoms with E-state index >= 15 is 0 Å². The standard InChI is InChI=1S/C5H12O.C3H8O2/c1-5(2,3)6-4;1-5-3-2-4/h1-4H3;4H,2-3H2,1H3. The van der Waals surface area contributed by atoms with E-state index in [4.69, 9.17) is 9.84 Å². The topological polar surface area (TPSA) is 38.7 Å². The summed E-state index contributed by atoms with van der Waals surface area (Å²) in [7, 11) is 3.26. The van der Waals surface area contributed by atoms with Crippen LogP contribution in [0.3, 0.4) is 0 Å². The molecule has 0 amide bonds. The predicted octanol–water partition coefficient (Wildman–Crippen LogP) is 1.06. The minimum absolute atomic E-state index is 0.0417. The smallest absolute Gasteiger partial charge is 0.0693 e. The zero-order valence-electron chi connectivity index (χ0n) is 8.18. The zero-order chi connectivity index (χ0) is 9.33. The van der Waals surface area contributed by atoms with Gasteiger partial charge in [-0.3, -0.25) is 0 Å². The first-order valence-corrected chi connectivity index (χ1v) is 3.63. The van der Waals surface area contributed by atoms with Crippen molar-refractivity contribution in [1.82, 2.24) is 0 Å². The second kappa shape index (κ2) is 7.98. The molecule has 0 bridgehead atoms. The van der Waals surface area contributed by atoms with E-state index in [1.54, 1.807) is 14.2 Å². The van der Waals surface area contributed by atoms with Crippen molar-refractivity contribution in [2.75, 3.05) is 27.4 Å². The minimum atomic E-state index is 0.0417. The van der Waals surface area contributed by atoms with E-state index in [-0.39, 0.29) is 12.2 Å². The number of rotatable bonds is 2. The van der Waals surface area contributed by atoms with Gasteiger partial charge in [0.15, 0.2) is 0 Å². The van der Waals surface area contributed by atoms with E-state index in [9.17, 15) is 0 Å². The Morgan fingerprint density at radius 3 is 1.55 bits per heavy atom. The second-order valence-electron chi connectivity index (χ2n) is 3.03. The van der Waals surface area contributed by atoms with Crippen molar-refractivity contribution in [2.45, 2.75) is 26.4 Å². The highest BCUT2D eigenvalue weighted by Crippen LogP contribution is 2.02. The van der Waals surface area contributed by atoms with Gasteiger partial charge in [-0.1, -0.05) is 0 Å². The normalized spacial score (nSPS) is 10.4. The van der Waals surface area contributed by atoms with E-state index in [0.29, 0.717) is 6.61 Å². The molecule has 0 aromatic heterocycles. The molecule has 3 nitrogen and oxygen atoms in total. The zero-order valence-corrected chi connectivity index (χ0v) is 8.18. The Labute approximate surface area is 69.3 Å². The van der Waals surface area contributed by atoms with Crippen LogP contribution in [-0.4, -0.2) is 38.1 Å². The van der Waals surface area contributed by atoms with Crippen LogP contribution in [-0.2, 0) is 9.47 Å². The second-order valence-corrected chi connectivity index (χ2v) is 3.03. The van der Waals surface area contributed by atoms with Crippen molar-refractivity contribution in [3.05, 3.63) is 0 Å². The number of aliphatic hydroxyl groups is 1. The lowest BCUT2D eigenvalue weighted by molar-refractivity contribution is 0.0397. The third kappa shape index (κ3) is 25.8. The number of aliphatic hydroxyl groups excluding tert-OH is 1. The fraction of sp³-hybridized carbons (Fsp3) is 1.00. The molecule has 0 aliphatic carbocycles. The maximum atomic E-state index is 7.94. The maximum Gasteiger partial charge on any atom is 0.0693 e. The van der Waals surface area contributed by atoms with Gasteiger partial charge in [0.1, 0.15) is 0 Å². The van der Waals surface area contributed by atoms with Gasteiger partial charge in [0.05, 0.1) is 18.8 Å². The first kappa shape index (κ1) is 13.5. The SMILES string of the molecule is COC(C)(C)C.COCCO. The van der Waals surface area contributed by atoms with Gasteiger partial charge >= 0.3 is 0 Å². The maximum absolute atomic E-state index is 7.94. The molecule has 0 atom stereocenters. The highest BCUT2D eigenvalue weighted by atomic mass is 16.5. The summed E-state index contributed by atoms with van der Waals surface area (Å²) in [6.45, 7) is 6.63. The summed E-state index contributed by atoms with van der Waals surface area (Å²) in [5, 5.41) is 7.94. The van der Waals surface area contributed by atoms with Crippen molar-refractivity contribution in [2.24, 2.45) is 0 Å². The van der Waals surface area contributed by atoms with Crippen molar-refractivity contribution < 1.29 is 14.6 Å². The summed E-state index contributed by atoms with van der Waals surface area (Å²) >= 11 is 0. The summed E-state index contributed by atoms with van der Waals surface area (Å²) in [5.41, 5.74) is 0.0417. The molecule has 0 saturated heterocycles. The Morgan fingerprint density at radius 1 is 1.18 bits per heavy atom. The Balaban J connectivity index is 0. The van der Waals surface area contributed by atoms with Crippen LogP contribution in [0.25, 0.3) is 0 Å². The van der Waals surface area contributed by atoms with Gasteiger partial charge in [0.25, 0.3) is 0 Å². The van der Waals surface area contributed by atoms with Crippen molar-refractivity contribution in [1.29, 1.82) is 0 Å². The summed E-state index contributed by atoms with van der Waals surface area (Å²) in [6.07, 6.45) is 0. The third-order valence-electron chi connectivity index (χ3n) is 0.908.